The molecule has 0 fully saturated rings. The van der Waals surface area contributed by atoms with Crippen LogP contribution in [0.1, 0.15) is 64.7 Å². The van der Waals surface area contributed by atoms with Gasteiger partial charge < -0.3 is 5.32 Å². The molecule has 0 saturated heterocycles. The highest BCUT2D eigenvalue weighted by molar-refractivity contribution is 7.10. The van der Waals surface area contributed by atoms with Crippen molar-refractivity contribution in [2.45, 2.75) is 71.3 Å². The molecule has 0 spiro atoms. The summed E-state index contributed by atoms with van der Waals surface area (Å²) in [7, 11) is 0. The van der Waals surface area contributed by atoms with Crippen LogP contribution in [-0.4, -0.2) is 12.6 Å². The first-order valence-electron chi connectivity index (χ1n) is 7.33. The van der Waals surface area contributed by atoms with Crippen molar-refractivity contribution in [3.63, 3.8) is 0 Å². The first-order chi connectivity index (χ1) is 8.56. The van der Waals surface area contributed by atoms with E-state index in [2.05, 4.69) is 50.5 Å². The van der Waals surface area contributed by atoms with Gasteiger partial charge in [-0.1, -0.05) is 52.5 Å². The molecule has 2 heteroatoms. The van der Waals surface area contributed by atoms with Gasteiger partial charge in [-0.2, -0.15) is 0 Å². The minimum absolute atomic E-state index is 0.256. The van der Waals surface area contributed by atoms with Crippen molar-refractivity contribution in [2.24, 2.45) is 0 Å². The van der Waals surface area contributed by atoms with Crippen LogP contribution in [0.5, 0.6) is 0 Å². The van der Waals surface area contributed by atoms with Gasteiger partial charge in [-0.25, -0.2) is 0 Å². The van der Waals surface area contributed by atoms with Gasteiger partial charge in [-0.05, 0) is 24.8 Å². The van der Waals surface area contributed by atoms with Gasteiger partial charge in [-0.3, -0.25) is 0 Å². The first kappa shape index (κ1) is 15.7. The Bertz CT molecular complexity index is 303. The summed E-state index contributed by atoms with van der Waals surface area (Å²) in [5, 5.41) is 5.87. The van der Waals surface area contributed by atoms with Crippen LogP contribution in [0, 0.1) is 0 Å². The molecule has 1 rings (SSSR count). The third-order valence-electron chi connectivity index (χ3n) is 3.57. The fourth-order valence-corrected chi connectivity index (χ4v) is 3.01. The summed E-state index contributed by atoms with van der Waals surface area (Å²) in [5.74, 6) is 0. The van der Waals surface area contributed by atoms with Crippen LogP contribution >= 0.6 is 11.3 Å². The Kier molecular flexibility index (Phi) is 6.95. The Morgan fingerprint density at radius 3 is 2.67 bits per heavy atom. The summed E-state index contributed by atoms with van der Waals surface area (Å²) < 4.78 is 0. The molecule has 0 aliphatic carbocycles. The summed E-state index contributed by atoms with van der Waals surface area (Å²) in [6.45, 7) is 10.3. The third-order valence-corrected chi connectivity index (χ3v) is 4.81. The molecule has 0 saturated carbocycles. The average molecular weight is 267 g/mol. The standard InChI is InChI=1S/C16H29NS/c1-5-6-7-8-10-14(2)17-13-16(3,4)15-11-9-12-18-15/h9,11-12,14,17H,5-8,10,13H2,1-4H3. The van der Waals surface area contributed by atoms with Crippen molar-refractivity contribution in [3.8, 4) is 0 Å². The highest BCUT2D eigenvalue weighted by Gasteiger charge is 2.21. The van der Waals surface area contributed by atoms with Crippen molar-refractivity contribution in [2.75, 3.05) is 6.54 Å². The summed E-state index contributed by atoms with van der Waals surface area (Å²) in [4.78, 5) is 1.48. The minimum atomic E-state index is 0.256. The smallest absolute Gasteiger partial charge is 0.0115 e. The molecular weight excluding hydrogens is 238 g/mol. The van der Waals surface area contributed by atoms with E-state index in [4.69, 9.17) is 0 Å². The summed E-state index contributed by atoms with van der Waals surface area (Å²) in [6.07, 6.45) is 6.76. The van der Waals surface area contributed by atoms with E-state index in [1.165, 1.54) is 37.0 Å². The molecule has 1 nitrogen and oxygen atoms in total. The molecule has 0 aliphatic heterocycles. The average Bonchev–Trinajstić information content (AvgIpc) is 2.87. The van der Waals surface area contributed by atoms with Crippen LogP contribution in [0.15, 0.2) is 17.5 Å². The van der Waals surface area contributed by atoms with Gasteiger partial charge in [0, 0.05) is 22.9 Å². The van der Waals surface area contributed by atoms with E-state index in [0.29, 0.717) is 6.04 Å². The van der Waals surface area contributed by atoms with Crippen LogP contribution in [0.3, 0.4) is 0 Å². The monoisotopic (exact) mass is 267 g/mol. The van der Waals surface area contributed by atoms with Crippen molar-refractivity contribution < 1.29 is 0 Å². The van der Waals surface area contributed by atoms with Crippen LogP contribution in [0.25, 0.3) is 0 Å². The molecular formula is C16H29NS. The maximum atomic E-state index is 3.69. The molecule has 1 heterocycles. The molecule has 0 amide bonds. The van der Waals surface area contributed by atoms with E-state index in [1.54, 1.807) is 0 Å². The van der Waals surface area contributed by atoms with E-state index < -0.39 is 0 Å². The Morgan fingerprint density at radius 2 is 2.06 bits per heavy atom. The second-order valence-corrected chi connectivity index (χ2v) is 6.94. The number of hydrogen-bond donors (Lipinski definition) is 1. The van der Waals surface area contributed by atoms with Crippen molar-refractivity contribution in [3.05, 3.63) is 22.4 Å². The summed E-state index contributed by atoms with van der Waals surface area (Å²) in [6, 6.07) is 5.04. The van der Waals surface area contributed by atoms with Crippen LogP contribution in [0.2, 0.25) is 0 Å². The second-order valence-electron chi connectivity index (χ2n) is 5.99. The maximum absolute atomic E-state index is 3.69. The predicted molar refractivity (Wildman–Crippen MR) is 83.6 cm³/mol. The highest BCUT2D eigenvalue weighted by atomic mass is 32.1. The lowest BCUT2D eigenvalue weighted by Crippen LogP contribution is -2.37. The first-order valence-corrected chi connectivity index (χ1v) is 8.21. The predicted octanol–water partition coefficient (Wildman–Crippen LogP) is 4.97. The van der Waals surface area contributed by atoms with Crippen LogP contribution in [0.4, 0.5) is 0 Å². The largest absolute Gasteiger partial charge is 0.313 e. The molecule has 1 unspecified atom stereocenters. The minimum Gasteiger partial charge on any atom is -0.313 e. The molecule has 1 aromatic heterocycles. The Balaban J connectivity index is 2.23. The van der Waals surface area contributed by atoms with E-state index in [1.807, 2.05) is 11.3 Å². The molecule has 18 heavy (non-hydrogen) atoms. The van der Waals surface area contributed by atoms with Gasteiger partial charge in [0.25, 0.3) is 0 Å². The fourth-order valence-electron chi connectivity index (χ4n) is 2.16. The van der Waals surface area contributed by atoms with E-state index in [-0.39, 0.29) is 5.41 Å². The third kappa shape index (κ3) is 5.53. The topological polar surface area (TPSA) is 12.0 Å². The van der Waals surface area contributed by atoms with Gasteiger partial charge in [0.05, 0.1) is 0 Å². The molecule has 1 N–H and O–H groups in total. The summed E-state index contributed by atoms with van der Waals surface area (Å²) in [5.41, 5.74) is 0.256. The number of hydrogen-bond acceptors (Lipinski definition) is 2. The molecule has 1 aromatic rings. The maximum Gasteiger partial charge on any atom is 0.0115 e. The lowest BCUT2D eigenvalue weighted by atomic mass is 9.91. The van der Waals surface area contributed by atoms with Gasteiger partial charge in [0.2, 0.25) is 0 Å². The van der Waals surface area contributed by atoms with Crippen LogP contribution < -0.4 is 5.32 Å². The number of rotatable bonds is 9. The van der Waals surface area contributed by atoms with E-state index in [9.17, 15) is 0 Å². The van der Waals surface area contributed by atoms with Gasteiger partial charge in [-0.15, -0.1) is 11.3 Å². The lowest BCUT2D eigenvalue weighted by molar-refractivity contribution is 0.412. The van der Waals surface area contributed by atoms with Crippen LogP contribution in [-0.2, 0) is 5.41 Å². The van der Waals surface area contributed by atoms with Gasteiger partial charge >= 0.3 is 0 Å². The van der Waals surface area contributed by atoms with Gasteiger partial charge in [0.1, 0.15) is 0 Å². The lowest BCUT2D eigenvalue weighted by Gasteiger charge is -2.26. The molecule has 0 aromatic carbocycles. The molecule has 0 bridgehead atoms. The summed E-state index contributed by atoms with van der Waals surface area (Å²) >= 11 is 1.87. The number of unbranched alkanes of at least 4 members (excludes halogenated alkanes) is 3. The van der Waals surface area contributed by atoms with E-state index >= 15 is 0 Å². The highest BCUT2D eigenvalue weighted by Crippen LogP contribution is 2.26. The Hall–Kier alpha value is -0.340. The van der Waals surface area contributed by atoms with Crippen molar-refractivity contribution >= 4 is 11.3 Å². The molecule has 0 radical (unpaired) electrons. The Morgan fingerprint density at radius 1 is 1.28 bits per heavy atom. The second kappa shape index (κ2) is 7.96. The van der Waals surface area contributed by atoms with Crippen molar-refractivity contribution in [1.82, 2.24) is 5.32 Å². The number of nitrogens with one attached hydrogen (secondary N) is 1. The zero-order chi connectivity index (χ0) is 13.4. The zero-order valence-corrected chi connectivity index (χ0v) is 13.3. The Labute approximate surface area is 117 Å². The SMILES string of the molecule is CCCCCCC(C)NCC(C)(C)c1cccs1. The quantitative estimate of drug-likeness (QED) is 0.623. The normalized spacial score (nSPS) is 13.8. The zero-order valence-electron chi connectivity index (χ0n) is 12.5. The number of thiophene rings is 1. The van der Waals surface area contributed by atoms with E-state index in [0.717, 1.165) is 6.54 Å². The van der Waals surface area contributed by atoms with Gasteiger partial charge in [0.15, 0.2) is 0 Å². The fraction of sp³-hybridized carbons (Fsp3) is 0.750. The molecule has 0 aliphatic rings. The van der Waals surface area contributed by atoms with Crippen molar-refractivity contribution in [1.29, 1.82) is 0 Å². The molecule has 1 atom stereocenters. The molecule has 104 valence electrons.